The van der Waals surface area contributed by atoms with E-state index in [1.165, 1.54) is 0 Å². The van der Waals surface area contributed by atoms with Gasteiger partial charge in [-0.05, 0) is 44.2 Å². The van der Waals surface area contributed by atoms with Crippen LogP contribution in [0.2, 0.25) is 0 Å². The Hall–Kier alpha value is -1.73. The molecule has 1 aliphatic heterocycles. The van der Waals surface area contributed by atoms with Crippen LogP contribution < -0.4 is 10.6 Å². The molecule has 2 N–H and O–H groups in total. The van der Waals surface area contributed by atoms with Crippen LogP contribution in [-0.2, 0) is 11.2 Å². The van der Waals surface area contributed by atoms with Gasteiger partial charge < -0.3 is 15.2 Å². The standard InChI is InChI=1S/C16H22N4O2S/c1-11-10-12(7-8-17-11)18-14(21)5-2-6-15-19-16(20-22-15)13-4-3-9-23-13/h3-4,9,11-12,17H,2,5-8,10H2,1H3,(H,18,21). The number of carbonyl (C=O) groups excluding carboxylic acids is 1. The highest BCUT2D eigenvalue weighted by Gasteiger charge is 2.19. The lowest BCUT2D eigenvalue weighted by atomic mass is 10.0. The maximum atomic E-state index is 12.0. The van der Waals surface area contributed by atoms with Crippen LogP contribution in [0.4, 0.5) is 0 Å². The van der Waals surface area contributed by atoms with Crippen molar-refractivity contribution in [2.24, 2.45) is 0 Å². The van der Waals surface area contributed by atoms with Crippen LogP contribution in [0.3, 0.4) is 0 Å². The zero-order valence-corrected chi connectivity index (χ0v) is 14.1. The normalized spacial score (nSPS) is 21.3. The first-order valence-corrected chi connectivity index (χ1v) is 8.98. The first-order chi connectivity index (χ1) is 11.2. The van der Waals surface area contributed by atoms with Crippen molar-refractivity contribution >= 4 is 17.2 Å². The summed E-state index contributed by atoms with van der Waals surface area (Å²) >= 11 is 1.58. The molecule has 0 aromatic carbocycles. The van der Waals surface area contributed by atoms with Gasteiger partial charge >= 0.3 is 0 Å². The summed E-state index contributed by atoms with van der Waals surface area (Å²) in [5.41, 5.74) is 0. The van der Waals surface area contributed by atoms with Gasteiger partial charge in [0, 0.05) is 24.9 Å². The molecule has 2 aromatic rings. The highest BCUT2D eigenvalue weighted by Crippen LogP contribution is 2.21. The monoisotopic (exact) mass is 334 g/mol. The third-order valence-corrected chi connectivity index (χ3v) is 4.86. The highest BCUT2D eigenvalue weighted by molar-refractivity contribution is 7.13. The van der Waals surface area contributed by atoms with Gasteiger partial charge in [0.05, 0.1) is 4.88 Å². The lowest BCUT2D eigenvalue weighted by Crippen LogP contribution is -2.46. The Labute approximate surface area is 139 Å². The van der Waals surface area contributed by atoms with Gasteiger partial charge in [-0.3, -0.25) is 4.79 Å². The summed E-state index contributed by atoms with van der Waals surface area (Å²) in [7, 11) is 0. The Kier molecular flexibility index (Phi) is 5.40. The minimum Gasteiger partial charge on any atom is -0.353 e. The highest BCUT2D eigenvalue weighted by atomic mass is 32.1. The van der Waals surface area contributed by atoms with Crippen molar-refractivity contribution < 1.29 is 9.32 Å². The second kappa shape index (κ2) is 7.70. The van der Waals surface area contributed by atoms with Crippen LogP contribution in [0.5, 0.6) is 0 Å². The average molecular weight is 334 g/mol. The summed E-state index contributed by atoms with van der Waals surface area (Å²) in [5.74, 6) is 1.34. The van der Waals surface area contributed by atoms with Crippen molar-refractivity contribution in [3.8, 4) is 10.7 Å². The Morgan fingerprint density at radius 2 is 2.48 bits per heavy atom. The van der Waals surface area contributed by atoms with Gasteiger partial charge in [-0.2, -0.15) is 4.98 Å². The van der Waals surface area contributed by atoms with E-state index in [-0.39, 0.29) is 5.91 Å². The molecule has 1 amide bonds. The number of carbonyl (C=O) groups is 1. The number of nitrogens with zero attached hydrogens (tertiary/aromatic N) is 2. The molecule has 3 heterocycles. The summed E-state index contributed by atoms with van der Waals surface area (Å²) in [4.78, 5) is 17.4. The summed E-state index contributed by atoms with van der Waals surface area (Å²) in [6.45, 7) is 3.12. The molecule has 0 saturated carbocycles. The van der Waals surface area contributed by atoms with Crippen molar-refractivity contribution in [1.82, 2.24) is 20.8 Å². The second-order valence-corrected chi connectivity index (χ2v) is 6.93. The van der Waals surface area contributed by atoms with E-state index in [1.807, 2.05) is 17.5 Å². The Balaban J connectivity index is 1.40. The first-order valence-electron chi connectivity index (χ1n) is 8.10. The molecule has 2 aromatic heterocycles. The molecule has 7 heteroatoms. The molecule has 124 valence electrons. The lowest BCUT2D eigenvalue weighted by molar-refractivity contribution is -0.122. The molecule has 3 rings (SSSR count). The topological polar surface area (TPSA) is 80.1 Å². The molecular weight excluding hydrogens is 312 g/mol. The van der Waals surface area contributed by atoms with E-state index in [9.17, 15) is 4.79 Å². The van der Waals surface area contributed by atoms with E-state index in [4.69, 9.17) is 4.52 Å². The zero-order valence-electron chi connectivity index (χ0n) is 13.2. The third-order valence-electron chi connectivity index (χ3n) is 3.99. The van der Waals surface area contributed by atoms with Gasteiger partial charge in [0.1, 0.15) is 0 Å². The summed E-state index contributed by atoms with van der Waals surface area (Å²) in [6.07, 6.45) is 3.85. The van der Waals surface area contributed by atoms with Gasteiger partial charge in [0.2, 0.25) is 17.6 Å². The largest absolute Gasteiger partial charge is 0.353 e. The van der Waals surface area contributed by atoms with Crippen molar-refractivity contribution in [2.45, 2.75) is 51.1 Å². The Morgan fingerprint density at radius 1 is 1.57 bits per heavy atom. The number of thiophene rings is 1. The predicted molar refractivity (Wildman–Crippen MR) is 89.2 cm³/mol. The second-order valence-electron chi connectivity index (χ2n) is 5.99. The number of rotatable bonds is 6. The van der Waals surface area contributed by atoms with Gasteiger partial charge in [-0.15, -0.1) is 11.3 Å². The summed E-state index contributed by atoms with van der Waals surface area (Å²) in [5, 5.41) is 12.5. The fourth-order valence-electron chi connectivity index (χ4n) is 2.83. The molecule has 0 bridgehead atoms. The van der Waals surface area contributed by atoms with Gasteiger partial charge in [-0.25, -0.2) is 0 Å². The van der Waals surface area contributed by atoms with Gasteiger partial charge in [0.25, 0.3) is 0 Å². The van der Waals surface area contributed by atoms with E-state index in [0.29, 0.717) is 36.6 Å². The molecule has 0 aliphatic carbocycles. The molecule has 1 fully saturated rings. The minimum atomic E-state index is 0.113. The maximum absolute atomic E-state index is 12.0. The fourth-order valence-corrected chi connectivity index (χ4v) is 3.47. The number of nitrogens with one attached hydrogen (secondary N) is 2. The minimum absolute atomic E-state index is 0.113. The number of hydrogen-bond acceptors (Lipinski definition) is 6. The molecule has 6 nitrogen and oxygen atoms in total. The SMILES string of the molecule is CC1CC(NC(=O)CCCc2nc(-c3cccs3)no2)CCN1. The Bertz CT molecular complexity index is 626. The summed E-state index contributed by atoms with van der Waals surface area (Å²) in [6, 6.07) is 4.70. The van der Waals surface area contributed by atoms with Crippen LogP contribution in [0, 0.1) is 0 Å². The predicted octanol–water partition coefficient (Wildman–Crippen LogP) is 2.38. The Morgan fingerprint density at radius 3 is 3.26 bits per heavy atom. The first kappa shape index (κ1) is 16.1. The number of aryl methyl sites for hydroxylation is 1. The van der Waals surface area contributed by atoms with Crippen LogP contribution in [0.1, 0.15) is 38.5 Å². The van der Waals surface area contributed by atoms with E-state index < -0.39 is 0 Å². The van der Waals surface area contributed by atoms with Crippen molar-refractivity contribution in [3.05, 3.63) is 23.4 Å². The maximum Gasteiger partial charge on any atom is 0.226 e. The molecule has 2 atom stereocenters. The van der Waals surface area contributed by atoms with E-state index in [0.717, 1.165) is 30.7 Å². The summed E-state index contributed by atoms with van der Waals surface area (Å²) < 4.78 is 5.24. The molecule has 1 saturated heterocycles. The molecular formula is C16H22N4O2S. The quantitative estimate of drug-likeness (QED) is 0.848. The van der Waals surface area contributed by atoms with Gasteiger partial charge in [-0.1, -0.05) is 11.2 Å². The molecule has 23 heavy (non-hydrogen) atoms. The molecule has 0 spiro atoms. The number of aromatic nitrogens is 2. The van der Waals surface area contributed by atoms with Crippen LogP contribution >= 0.6 is 11.3 Å². The third kappa shape index (κ3) is 4.62. The molecule has 2 unspecified atom stereocenters. The van der Waals surface area contributed by atoms with Crippen molar-refractivity contribution in [3.63, 3.8) is 0 Å². The van der Waals surface area contributed by atoms with Crippen LogP contribution in [0.25, 0.3) is 10.7 Å². The van der Waals surface area contributed by atoms with E-state index in [1.54, 1.807) is 11.3 Å². The number of hydrogen-bond donors (Lipinski definition) is 2. The molecule has 1 aliphatic rings. The number of piperidine rings is 1. The molecule has 0 radical (unpaired) electrons. The van der Waals surface area contributed by atoms with Crippen molar-refractivity contribution in [1.29, 1.82) is 0 Å². The van der Waals surface area contributed by atoms with Crippen LogP contribution in [-0.4, -0.2) is 34.7 Å². The fraction of sp³-hybridized carbons (Fsp3) is 0.562. The lowest BCUT2D eigenvalue weighted by Gasteiger charge is -2.28. The van der Waals surface area contributed by atoms with E-state index in [2.05, 4.69) is 27.7 Å². The van der Waals surface area contributed by atoms with Crippen LogP contribution in [0.15, 0.2) is 22.0 Å². The number of amides is 1. The average Bonchev–Trinajstić information content (AvgIpc) is 3.18. The smallest absolute Gasteiger partial charge is 0.226 e. The van der Waals surface area contributed by atoms with Gasteiger partial charge in [0.15, 0.2) is 0 Å². The van der Waals surface area contributed by atoms with E-state index >= 15 is 0 Å². The van der Waals surface area contributed by atoms with Crippen molar-refractivity contribution in [2.75, 3.05) is 6.54 Å². The zero-order chi connectivity index (χ0) is 16.1.